The zero-order valence-corrected chi connectivity index (χ0v) is 16.9. The van der Waals surface area contributed by atoms with E-state index in [0.29, 0.717) is 32.3 Å². The quantitative estimate of drug-likeness (QED) is 0.553. The van der Waals surface area contributed by atoms with Crippen LogP contribution in [0, 0.1) is 0 Å². The minimum Gasteiger partial charge on any atom is -0.508 e. The van der Waals surface area contributed by atoms with Gasteiger partial charge in [-0.2, -0.15) is 0 Å². The molecule has 0 saturated carbocycles. The number of ether oxygens (including phenoxy) is 1. The molecular formula is C24H32O4. The Kier molecular flexibility index (Phi) is 9.18. The first-order chi connectivity index (χ1) is 13.5. The zero-order chi connectivity index (χ0) is 20.4. The van der Waals surface area contributed by atoms with Gasteiger partial charge in [0.15, 0.2) is 0 Å². The van der Waals surface area contributed by atoms with Crippen LogP contribution in [0.15, 0.2) is 48.5 Å². The second kappa shape index (κ2) is 11.6. The van der Waals surface area contributed by atoms with Crippen molar-refractivity contribution in [2.24, 2.45) is 0 Å². The Morgan fingerprint density at radius 3 is 2.25 bits per heavy atom. The molecule has 2 atom stereocenters. The maximum atomic E-state index is 12.0. The highest BCUT2D eigenvalue weighted by Crippen LogP contribution is 2.20. The van der Waals surface area contributed by atoms with Crippen LogP contribution in [-0.2, 0) is 22.4 Å². The number of aromatic hydroxyl groups is 1. The molecule has 0 spiro atoms. The second-order valence-corrected chi connectivity index (χ2v) is 7.29. The van der Waals surface area contributed by atoms with Crippen LogP contribution in [0.2, 0.25) is 0 Å². The number of aliphatic hydroxyl groups is 1. The van der Waals surface area contributed by atoms with E-state index in [4.69, 9.17) is 4.74 Å². The highest BCUT2D eigenvalue weighted by molar-refractivity contribution is 5.78. The van der Waals surface area contributed by atoms with Crippen LogP contribution in [0.1, 0.15) is 62.3 Å². The predicted octanol–water partition coefficient (Wildman–Crippen LogP) is 4.77. The third-order valence-corrected chi connectivity index (χ3v) is 5.07. The molecule has 2 aromatic rings. The summed E-state index contributed by atoms with van der Waals surface area (Å²) < 4.78 is 5.70. The summed E-state index contributed by atoms with van der Waals surface area (Å²) in [5.41, 5.74) is 3.50. The number of hydrogen-bond acceptors (Lipinski definition) is 4. The Hall–Kier alpha value is -2.17. The first kappa shape index (κ1) is 22.1. The van der Waals surface area contributed by atoms with Crippen molar-refractivity contribution in [3.05, 3.63) is 65.2 Å². The largest absolute Gasteiger partial charge is 0.508 e. The number of rotatable bonds is 12. The summed E-state index contributed by atoms with van der Waals surface area (Å²) in [6.45, 7) is 4.42. The molecule has 2 aromatic carbocycles. The molecule has 2 N–H and O–H groups in total. The number of carbonyl (C=O) groups excluding carboxylic acids is 1. The average molecular weight is 385 g/mol. The smallest absolute Gasteiger partial charge is 0.135 e. The number of hydrogen-bond donors (Lipinski definition) is 2. The van der Waals surface area contributed by atoms with Gasteiger partial charge in [-0.3, -0.25) is 4.79 Å². The van der Waals surface area contributed by atoms with E-state index in [1.54, 1.807) is 12.1 Å². The number of Topliss-reactive ketones (excluding diaryl/α,β-unsaturated/α-hetero) is 1. The number of aryl methyl sites for hydroxylation is 2. The number of benzene rings is 2. The van der Waals surface area contributed by atoms with Gasteiger partial charge in [0.1, 0.15) is 11.5 Å². The Balaban J connectivity index is 1.59. The molecule has 4 nitrogen and oxygen atoms in total. The van der Waals surface area contributed by atoms with E-state index in [-0.39, 0.29) is 17.6 Å². The maximum Gasteiger partial charge on any atom is 0.135 e. The summed E-state index contributed by atoms with van der Waals surface area (Å²) in [6, 6.07) is 15.4. The maximum absolute atomic E-state index is 12.0. The first-order valence-corrected chi connectivity index (χ1v) is 10.2. The van der Waals surface area contributed by atoms with Crippen LogP contribution in [-0.4, -0.2) is 28.7 Å². The van der Waals surface area contributed by atoms with Crippen molar-refractivity contribution in [3.63, 3.8) is 0 Å². The fourth-order valence-corrected chi connectivity index (χ4v) is 3.06. The van der Waals surface area contributed by atoms with Crippen LogP contribution in [0.4, 0.5) is 0 Å². The molecule has 0 fully saturated rings. The van der Waals surface area contributed by atoms with E-state index in [1.165, 1.54) is 11.1 Å². The van der Waals surface area contributed by atoms with Crippen molar-refractivity contribution in [2.75, 3.05) is 6.61 Å². The Morgan fingerprint density at radius 2 is 1.61 bits per heavy atom. The molecule has 0 heterocycles. The summed E-state index contributed by atoms with van der Waals surface area (Å²) in [5, 5.41) is 19.5. The van der Waals surface area contributed by atoms with Crippen molar-refractivity contribution in [2.45, 2.75) is 64.6 Å². The summed E-state index contributed by atoms with van der Waals surface area (Å²) >= 11 is 0. The number of ketones is 1. The Labute approximate surface area is 168 Å². The standard InChI is InChI=1S/C24H32O4/c1-3-19-4-6-20(7-5-19)8-11-22(25)14-15-24(27)16-17-28-18(2)21-9-12-23(26)13-10-21/h4-7,9-10,12-13,18,22,25-26H,3,8,11,14-17H2,1-2H3. The lowest BCUT2D eigenvalue weighted by atomic mass is 10.0. The fraction of sp³-hybridized carbons (Fsp3) is 0.458. The van der Waals surface area contributed by atoms with E-state index in [0.717, 1.165) is 18.4 Å². The van der Waals surface area contributed by atoms with Gasteiger partial charge in [-0.25, -0.2) is 0 Å². The molecule has 0 aromatic heterocycles. The summed E-state index contributed by atoms with van der Waals surface area (Å²) in [6.07, 6.45) is 3.19. The van der Waals surface area contributed by atoms with Crippen LogP contribution < -0.4 is 0 Å². The molecule has 0 amide bonds. The molecular weight excluding hydrogens is 352 g/mol. The van der Waals surface area contributed by atoms with Crippen molar-refractivity contribution >= 4 is 5.78 Å². The fourth-order valence-electron chi connectivity index (χ4n) is 3.06. The van der Waals surface area contributed by atoms with Gasteiger partial charge >= 0.3 is 0 Å². The molecule has 0 radical (unpaired) electrons. The number of phenolic OH excluding ortho intramolecular Hbond substituents is 1. The third kappa shape index (κ3) is 7.83. The Morgan fingerprint density at radius 1 is 0.964 bits per heavy atom. The normalized spacial score (nSPS) is 13.2. The predicted molar refractivity (Wildman–Crippen MR) is 111 cm³/mol. The van der Waals surface area contributed by atoms with Gasteiger partial charge in [0.05, 0.1) is 18.8 Å². The second-order valence-electron chi connectivity index (χ2n) is 7.29. The lowest BCUT2D eigenvalue weighted by molar-refractivity contribution is -0.121. The summed E-state index contributed by atoms with van der Waals surface area (Å²) in [5.74, 6) is 0.340. The van der Waals surface area contributed by atoms with Gasteiger partial charge in [-0.05, 0) is 61.4 Å². The molecule has 2 unspecified atom stereocenters. The van der Waals surface area contributed by atoms with Gasteiger partial charge in [-0.1, -0.05) is 43.3 Å². The first-order valence-electron chi connectivity index (χ1n) is 10.2. The monoisotopic (exact) mass is 384 g/mol. The van der Waals surface area contributed by atoms with E-state index in [1.807, 2.05) is 19.1 Å². The molecule has 0 bridgehead atoms. The van der Waals surface area contributed by atoms with Gasteiger partial charge in [-0.15, -0.1) is 0 Å². The highest BCUT2D eigenvalue weighted by atomic mass is 16.5. The Bertz CT molecular complexity index is 706. The van der Waals surface area contributed by atoms with Crippen LogP contribution in [0.3, 0.4) is 0 Å². The molecule has 152 valence electrons. The minimum atomic E-state index is -0.452. The summed E-state index contributed by atoms with van der Waals surface area (Å²) in [7, 11) is 0. The summed E-state index contributed by atoms with van der Waals surface area (Å²) in [4.78, 5) is 12.0. The van der Waals surface area contributed by atoms with Crippen molar-refractivity contribution in [1.29, 1.82) is 0 Å². The molecule has 0 aliphatic rings. The average Bonchev–Trinajstić information content (AvgIpc) is 2.71. The van der Waals surface area contributed by atoms with Gasteiger partial charge < -0.3 is 14.9 Å². The van der Waals surface area contributed by atoms with E-state index >= 15 is 0 Å². The van der Waals surface area contributed by atoms with E-state index in [2.05, 4.69) is 31.2 Å². The molecule has 4 heteroatoms. The third-order valence-electron chi connectivity index (χ3n) is 5.07. The lowest BCUT2D eigenvalue weighted by Gasteiger charge is -2.14. The molecule has 2 rings (SSSR count). The number of carbonyl (C=O) groups is 1. The minimum absolute atomic E-state index is 0.115. The van der Waals surface area contributed by atoms with Crippen molar-refractivity contribution in [1.82, 2.24) is 0 Å². The number of aliphatic hydroxyl groups excluding tert-OH is 1. The molecule has 28 heavy (non-hydrogen) atoms. The van der Waals surface area contributed by atoms with Gasteiger partial charge in [0.2, 0.25) is 0 Å². The van der Waals surface area contributed by atoms with E-state index in [9.17, 15) is 15.0 Å². The van der Waals surface area contributed by atoms with E-state index < -0.39 is 6.10 Å². The lowest BCUT2D eigenvalue weighted by Crippen LogP contribution is -2.12. The van der Waals surface area contributed by atoms with Gasteiger partial charge in [0.25, 0.3) is 0 Å². The zero-order valence-electron chi connectivity index (χ0n) is 16.9. The van der Waals surface area contributed by atoms with Crippen LogP contribution >= 0.6 is 0 Å². The molecule has 0 aliphatic heterocycles. The number of phenols is 1. The van der Waals surface area contributed by atoms with Crippen LogP contribution in [0.5, 0.6) is 5.75 Å². The topological polar surface area (TPSA) is 66.8 Å². The molecule has 0 aliphatic carbocycles. The van der Waals surface area contributed by atoms with Gasteiger partial charge in [0, 0.05) is 12.8 Å². The van der Waals surface area contributed by atoms with Crippen molar-refractivity contribution in [3.8, 4) is 5.75 Å². The highest BCUT2D eigenvalue weighted by Gasteiger charge is 2.11. The molecule has 0 saturated heterocycles. The SMILES string of the molecule is CCc1ccc(CCC(O)CCC(=O)CCOC(C)c2ccc(O)cc2)cc1. The van der Waals surface area contributed by atoms with Crippen LogP contribution in [0.25, 0.3) is 0 Å². The van der Waals surface area contributed by atoms with Crippen molar-refractivity contribution < 1.29 is 19.7 Å².